The summed E-state index contributed by atoms with van der Waals surface area (Å²) in [6.07, 6.45) is 3.87. The molecule has 0 aliphatic heterocycles. The lowest BCUT2D eigenvalue weighted by molar-refractivity contribution is 0.572. The molecule has 0 aliphatic rings. The summed E-state index contributed by atoms with van der Waals surface area (Å²) in [5.74, 6) is 1.41. The molecule has 0 fully saturated rings. The van der Waals surface area contributed by atoms with Crippen molar-refractivity contribution in [1.29, 1.82) is 0 Å². The van der Waals surface area contributed by atoms with Crippen molar-refractivity contribution in [1.82, 2.24) is 15.6 Å². The minimum Gasteiger partial charge on any atom is -0.444 e. The third kappa shape index (κ3) is 6.37. The first-order valence-corrected chi connectivity index (χ1v) is 10.4. The first-order chi connectivity index (χ1) is 14.7. The standard InChI is InChI=1S/C24H31N5O/c1-19-11-13-20(14-12-19)23-28-21(18-30-23)17-27-24(25-2)26-15-7-8-16-29(3)22-9-5-4-6-10-22/h4-6,9-14,18H,7-8,15-17H2,1-3H3,(H2,25,26,27). The van der Waals surface area contributed by atoms with Gasteiger partial charge < -0.3 is 20.0 Å². The Morgan fingerprint density at radius 2 is 1.80 bits per heavy atom. The number of guanidine groups is 1. The molecule has 3 aromatic rings. The molecule has 0 amide bonds. The number of unbranched alkanes of at least 4 members (excludes halogenated alkanes) is 1. The predicted molar refractivity (Wildman–Crippen MR) is 124 cm³/mol. The number of rotatable bonds is 9. The largest absolute Gasteiger partial charge is 0.444 e. The van der Waals surface area contributed by atoms with Crippen molar-refractivity contribution in [3.63, 3.8) is 0 Å². The number of aromatic nitrogens is 1. The molecule has 0 atom stereocenters. The van der Waals surface area contributed by atoms with Crippen LogP contribution < -0.4 is 15.5 Å². The number of hydrogen-bond donors (Lipinski definition) is 2. The maximum absolute atomic E-state index is 5.61. The fourth-order valence-electron chi connectivity index (χ4n) is 3.10. The Balaban J connectivity index is 1.36. The molecular weight excluding hydrogens is 374 g/mol. The average molecular weight is 406 g/mol. The molecule has 0 aliphatic carbocycles. The molecule has 30 heavy (non-hydrogen) atoms. The SMILES string of the molecule is CN=C(NCCCCN(C)c1ccccc1)NCc1coc(-c2ccc(C)cc2)n1. The molecule has 0 unspecified atom stereocenters. The maximum atomic E-state index is 5.61. The zero-order chi connectivity index (χ0) is 21.2. The van der Waals surface area contributed by atoms with Crippen LogP contribution in [-0.2, 0) is 6.54 Å². The van der Waals surface area contributed by atoms with Crippen LogP contribution in [0.1, 0.15) is 24.1 Å². The van der Waals surface area contributed by atoms with Gasteiger partial charge in [-0.15, -0.1) is 0 Å². The molecule has 1 heterocycles. The van der Waals surface area contributed by atoms with Crippen LogP contribution in [0.15, 0.2) is 70.3 Å². The highest BCUT2D eigenvalue weighted by Gasteiger charge is 2.07. The van der Waals surface area contributed by atoms with Crippen molar-refractivity contribution in [2.45, 2.75) is 26.3 Å². The summed E-state index contributed by atoms with van der Waals surface area (Å²) in [5.41, 5.74) is 4.29. The van der Waals surface area contributed by atoms with Crippen LogP contribution in [0.3, 0.4) is 0 Å². The first-order valence-electron chi connectivity index (χ1n) is 10.4. The third-order valence-electron chi connectivity index (χ3n) is 4.92. The monoisotopic (exact) mass is 405 g/mol. The molecule has 0 radical (unpaired) electrons. The highest BCUT2D eigenvalue weighted by atomic mass is 16.3. The van der Waals surface area contributed by atoms with E-state index in [1.54, 1.807) is 13.3 Å². The van der Waals surface area contributed by atoms with Crippen LogP contribution >= 0.6 is 0 Å². The molecule has 3 rings (SSSR count). The van der Waals surface area contributed by atoms with E-state index < -0.39 is 0 Å². The Bertz CT molecular complexity index is 918. The normalized spacial score (nSPS) is 11.4. The number of aryl methyl sites for hydroxylation is 1. The minimum absolute atomic E-state index is 0.561. The van der Waals surface area contributed by atoms with Gasteiger partial charge in [0, 0.05) is 38.4 Å². The van der Waals surface area contributed by atoms with E-state index in [1.807, 2.05) is 18.2 Å². The molecule has 6 heteroatoms. The van der Waals surface area contributed by atoms with E-state index in [1.165, 1.54) is 11.3 Å². The summed E-state index contributed by atoms with van der Waals surface area (Å²) >= 11 is 0. The number of aliphatic imine (C=N–C) groups is 1. The number of para-hydroxylation sites is 1. The fourth-order valence-corrected chi connectivity index (χ4v) is 3.10. The molecule has 0 spiro atoms. The van der Waals surface area contributed by atoms with Crippen LogP contribution in [0.4, 0.5) is 5.69 Å². The summed E-state index contributed by atoms with van der Waals surface area (Å²) in [6.45, 7) is 4.52. The Hall–Kier alpha value is -3.28. The fraction of sp³-hybridized carbons (Fsp3) is 0.333. The average Bonchev–Trinajstić information content (AvgIpc) is 3.25. The van der Waals surface area contributed by atoms with E-state index in [0.717, 1.165) is 43.1 Å². The number of nitrogens with zero attached hydrogens (tertiary/aromatic N) is 3. The lowest BCUT2D eigenvalue weighted by Gasteiger charge is -2.19. The molecule has 0 saturated heterocycles. The van der Waals surface area contributed by atoms with Gasteiger partial charge in [0.15, 0.2) is 5.96 Å². The molecule has 1 aromatic heterocycles. The highest BCUT2D eigenvalue weighted by molar-refractivity contribution is 5.79. The Labute approximate surface area is 179 Å². The second-order valence-corrected chi connectivity index (χ2v) is 7.33. The Kier molecular flexibility index (Phi) is 7.89. The molecule has 2 aromatic carbocycles. The number of anilines is 1. The zero-order valence-corrected chi connectivity index (χ0v) is 18.1. The number of oxazole rings is 1. The van der Waals surface area contributed by atoms with Crippen molar-refractivity contribution in [3.8, 4) is 11.5 Å². The minimum atomic E-state index is 0.561. The van der Waals surface area contributed by atoms with Crippen LogP contribution in [0.5, 0.6) is 0 Å². The number of benzene rings is 2. The van der Waals surface area contributed by atoms with Crippen molar-refractivity contribution < 1.29 is 4.42 Å². The predicted octanol–water partition coefficient (Wildman–Crippen LogP) is 4.23. The van der Waals surface area contributed by atoms with E-state index in [-0.39, 0.29) is 0 Å². The topological polar surface area (TPSA) is 65.7 Å². The van der Waals surface area contributed by atoms with Crippen molar-refractivity contribution in [2.75, 3.05) is 32.1 Å². The van der Waals surface area contributed by atoms with Crippen LogP contribution in [0, 0.1) is 6.92 Å². The molecular formula is C24H31N5O. The molecule has 6 nitrogen and oxygen atoms in total. The first kappa shape index (κ1) is 21.4. The number of hydrogen-bond acceptors (Lipinski definition) is 4. The van der Waals surface area contributed by atoms with Gasteiger partial charge in [-0.2, -0.15) is 0 Å². The third-order valence-corrected chi connectivity index (χ3v) is 4.92. The van der Waals surface area contributed by atoms with E-state index in [0.29, 0.717) is 12.4 Å². The summed E-state index contributed by atoms with van der Waals surface area (Å²) in [4.78, 5) is 11.1. The lowest BCUT2D eigenvalue weighted by atomic mass is 10.1. The van der Waals surface area contributed by atoms with Crippen molar-refractivity contribution in [3.05, 3.63) is 72.1 Å². The highest BCUT2D eigenvalue weighted by Crippen LogP contribution is 2.19. The van der Waals surface area contributed by atoms with Crippen LogP contribution in [0.25, 0.3) is 11.5 Å². The van der Waals surface area contributed by atoms with Gasteiger partial charge in [-0.1, -0.05) is 35.9 Å². The van der Waals surface area contributed by atoms with Crippen molar-refractivity contribution in [2.24, 2.45) is 4.99 Å². The summed E-state index contributed by atoms with van der Waals surface area (Å²) in [6, 6.07) is 18.6. The zero-order valence-electron chi connectivity index (χ0n) is 18.1. The maximum Gasteiger partial charge on any atom is 0.226 e. The van der Waals surface area contributed by atoms with Gasteiger partial charge in [0.1, 0.15) is 6.26 Å². The van der Waals surface area contributed by atoms with Crippen molar-refractivity contribution >= 4 is 11.6 Å². The Morgan fingerprint density at radius 1 is 1.03 bits per heavy atom. The molecule has 158 valence electrons. The summed E-state index contributed by atoms with van der Waals surface area (Å²) < 4.78 is 5.61. The van der Waals surface area contributed by atoms with Gasteiger partial charge in [-0.25, -0.2) is 4.98 Å². The molecule has 2 N–H and O–H groups in total. The van der Waals surface area contributed by atoms with Gasteiger partial charge in [0.05, 0.1) is 12.2 Å². The van der Waals surface area contributed by atoms with Gasteiger partial charge in [-0.05, 0) is 44.0 Å². The summed E-state index contributed by atoms with van der Waals surface area (Å²) in [7, 11) is 3.91. The molecule has 0 bridgehead atoms. The van der Waals surface area contributed by atoms with Crippen LogP contribution in [-0.4, -0.2) is 38.1 Å². The van der Waals surface area contributed by atoms with Gasteiger partial charge in [0.25, 0.3) is 0 Å². The molecule has 0 saturated carbocycles. The van der Waals surface area contributed by atoms with E-state index >= 15 is 0 Å². The van der Waals surface area contributed by atoms with Crippen LogP contribution in [0.2, 0.25) is 0 Å². The second kappa shape index (κ2) is 11.0. The van der Waals surface area contributed by atoms with Gasteiger partial charge in [0.2, 0.25) is 5.89 Å². The van der Waals surface area contributed by atoms with Gasteiger partial charge in [-0.3, -0.25) is 4.99 Å². The van der Waals surface area contributed by atoms with Gasteiger partial charge >= 0.3 is 0 Å². The quantitative estimate of drug-likeness (QED) is 0.317. The van der Waals surface area contributed by atoms with E-state index in [9.17, 15) is 0 Å². The number of nitrogens with one attached hydrogen (secondary N) is 2. The second-order valence-electron chi connectivity index (χ2n) is 7.33. The van der Waals surface area contributed by atoms with E-state index in [4.69, 9.17) is 4.42 Å². The summed E-state index contributed by atoms with van der Waals surface area (Å²) in [5, 5.41) is 6.65. The Morgan fingerprint density at radius 3 is 2.53 bits per heavy atom. The lowest BCUT2D eigenvalue weighted by Crippen LogP contribution is -2.37. The smallest absolute Gasteiger partial charge is 0.226 e. The van der Waals surface area contributed by atoms with E-state index in [2.05, 4.69) is 75.9 Å².